The molecule has 3 aromatic rings. The maximum Gasteiger partial charge on any atom is 0.287 e. The van der Waals surface area contributed by atoms with Gasteiger partial charge in [-0.05, 0) is 0 Å². The number of carbonyl (C=O) groups excluding carboxylic acids is 1. The summed E-state index contributed by atoms with van der Waals surface area (Å²) in [6.07, 6.45) is 0. The molecule has 104 valence electrons. The second kappa shape index (κ2) is 5.87. The van der Waals surface area contributed by atoms with Gasteiger partial charge in [-0.2, -0.15) is 0 Å². The quantitative estimate of drug-likeness (QED) is 0.573. The van der Waals surface area contributed by atoms with E-state index >= 15 is 0 Å². The van der Waals surface area contributed by atoms with E-state index in [4.69, 9.17) is 5.21 Å². The molecule has 0 atom stereocenters. The Labute approximate surface area is 125 Å². The topological polar surface area (TPSA) is 62.2 Å². The number of hydroxylamine groups is 1. The van der Waals surface area contributed by atoms with E-state index in [0.29, 0.717) is 10.6 Å². The summed E-state index contributed by atoms with van der Waals surface area (Å²) in [5, 5.41) is 9.66. The van der Waals surface area contributed by atoms with Crippen LogP contribution >= 0.6 is 11.3 Å². The summed E-state index contributed by atoms with van der Waals surface area (Å²) in [5.74, 6) is -0.548. The third-order valence-electron chi connectivity index (χ3n) is 3.00. The van der Waals surface area contributed by atoms with Gasteiger partial charge in [-0.15, -0.1) is 11.3 Å². The lowest BCUT2D eigenvalue weighted by Gasteiger charge is -1.99. The number of nitrogens with one attached hydrogen (secondary N) is 1. The molecule has 1 amide bonds. The Morgan fingerprint density at radius 3 is 2.10 bits per heavy atom. The van der Waals surface area contributed by atoms with E-state index < -0.39 is 5.91 Å². The van der Waals surface area contributed by atoms with E-state index in [0.717, 1.165) is 16.1 Å². The molecule has 0 fully saturated rings. The molecule has 0 radical (unpaired) electrons. The van der Waals surface area contributed by atoms with E-state index in [2.05, 4.69) is 4.98 Å². The summed E-state index contributed by atoms with van der Waals surface area (Å²) in [5.41, 5.74) is 4.05. The van der Waals surface area contributed by atoms with Crippen LogP contribution in [0.5, 0.6) is 0 Å². The van der Waals surface area contributed by atoms with Gasteiger partial charge in [0.2, 0.25) is 0 Å². The normalized spacial score (nSPS) is 10.3. The van der Waals surface area contributed by atoms with Gasteiger partial charge in [0.15, 0.2) is 0 Å². The highest BCUT2D eigenvalue weighted by Crippen LogP contribution is 2.33. The van der Waals surface area contributed by atoms with Crippen molar-refractivity contribution in [1.82, 2.24) is 10.5 Å². The van der Waals surface area contributed by atoms with Gasteiger partial charge in [-0.3, -0.25) is 10.0 Å². The second-order valence-corrected chi connectivity index (χ2v) is 5.37. The van der Waals surface area contributed by atoms with Crippen LogP contribution in [0.4, 0.5) is 0 Å². The zero-order valence-corrected chi connectivity index (χ0v) is 11.8. The van der Waals surface area contributed by atoms with Gasteiger partial charge in [-0.1, -0.05) is 60.7 Å². The van der Waals surface area contributed by atoms with Gasteiger partial charge < -0.3 is 0 Å². The number of nitrogens with zero attached hydrogens (tertiary/aromatic N) is 1. The Morgan fingerprint density at radius 1 is 0.952 bits per heavy atom. The molecule has 0 aliphatic carbocycles. The van der Waals surface area contributed by atoms with Crippen LogP contribution < -0.4 is 5.48 Å². The largest absolute Gasteiger partial charge is 0.288 e. The summed E-state index contributed by atoms with van der Waals surface area (Å²) < 4.78 is 0. The smallest absolute Gasteiger partial charge is 0.287 e. The summed E-state index contributed by atoms with van der Waals surface area (Å²) in [6, 6.07) is 19.1. The summed E-state index contributed by atoms with van der Waals surface area (Å²) >= 11 is 1.26. The van der Waals surface area contributed by atoms with Crippen LogP contribution in [0, 0.1) is 0 Å². The molecule has 0 spiro atoms. The van der Waals surface area contributed by atoms with E-state index in [1.165, 1.54) is 11.3 Å². The van der Waals surface area contributed by atoms with E-state index in [-0.39, 0.29) is 0 Å². The predicted molar refractivity (Wildman–Crippen MR) is 82.2 cm³/mol. The average Bonchev–Trinajstić information content (AvgIpc) is 3.01. The average molecular weight is 296 g/mol. The van der Waals surface area contributed by atoms with Crippen LogP contribution in [-0.2, 0) is 0 Å². The SMILES string of the molecule is O=C(NO)c1sc(-c2ccccc2)nc1-c1ccccc1. The first-order valence-electron chi connectivity index (χ1n) is 6.35. The Bertz CT molecular complexity index is 754. The van der Waals surface area contributed by atoms with Crippen LogP contribution in [0.3, 0.4) is 0 Å². The van der Waals surface area contributed by atoms with Crippen molar-refractivity contribution in [2.24, 2.45) is 0 Å². The number of rotatable bonds is 3. The van der Waals surface area contributed by atoms with E-state index in [9.17, 15) is 4.79 Å². The first kappa shape index (κ1) is 13.5. The highest BCUT2D eigenvalue weighted by atomic mass is 32.1. The predicted octanol–water partition coefficient (Wildman–Crippen LogP) is 3.60. The van der Waals surface area contributed by atoms with Gasteiger partial charge in [0.25, 0.3) is 5.91 Å². The lowest BCUT2D eigenvalue weighted by molar-refractivity contribution is 0.0711. The monoisotopic (exact) mass is 296 g/mol. The number of carbonyl (C=O) groups is 1. The molecule has 3 rings (SSSR count). The molecule has 0 bridgehead atoms. The van der Waals surface area contributed by atoms with Crippen molar-refractivity contribution >= 4 is 17.2 Å². The number of hydrogen-bond donors (Lipinski definition) is 2. The van der Waals surface area contributed by atoms with Gasteiger partial charge in [0, 0.05) is 11.1 Å². The van der Waals surface area contributed by atoms with Crippen molar-refractivity contribution < 1.29 is 10.0 Å². The molecule has 4 nitrogen and oxygen atoms in total. The molecule has 2 N–H and O–H groups in total. The zero-order valence-electron chi connectivity index (χ0n) is 11.0. The molecule has 2 aromatic carbocycles. The maximum atomic E-state index is 11.9. The minimum absolute atomic E-state index is 0.391. The molecule has 0 aliphatic rings. The standard InChI is InChI=1S/C16H12N2O2S/c19-15(18-20)14-13(11-7-3-1-4-8-11)17-16(21-14)12-9-5-2-6-10-12/h1-10,20H,(H,18,19). The molecule has 0 saturated heterocycles. The molecular formula is C16H12N2O2S. The fourth-order valence-electron chi connectivity index (χ4n) is 2.02. The van der Waals surface area contributed by atoms with Crippen molar-refractivity contribution in [2.75, 3.05) is 0 Å². The van der Waals surface area contributed by atoms with Gasteiger partial charge in [0.05, 0.1) is 5.69 Å². The second-order valence-electron chi connectivity index (χ2n) is 4.37. The van der Waals surface area contributed by atoms with Crippen LogP contribution in [0.2, 0.25) is 0 Å². The molecule has 1 aromatic heterocycles. The number of hydrogen-bond acceptors (Lipinski definition) is 4. The lowest BCUT2D eigenvalue weighted by atomic mass is 10.1. The fourth-order valence-corrected chi connectivity index (χ4v) is 3.00. The summed E-state index contributed by atoms with van der Waals surface area (Å²) in [4.78, 5) is 16.8. The molecule has 0 saturated carbocycles. The van der Waals surface area contributed by atoms with Crippen LogP contribution in [-0.4, -0.2) is 16.1 Å². The van der Waals surface area contributed by atoms with Crippen molar-refractivity contribution in [3.05, 3.63) is 65.5 Å². The number of amides is 1. The van der Waals surface area contributed by atoms with Crippen molar-refractivity contribution in [2.45, 2.75) is 0 Å². The van der Waals surface area contributed by atoms with Crippen molar-refractivity contribution in [1.29, 1.82) is 0 Å². The highest BCUT2D eigenvalue weighted by molar-refractivity contribution is 7.17. The Balaban J connectivity index is 2.14. The van der Waals surface area contributed by atoms with Gasteiger partial charge >= 0.3 is 0 Å². The summed E-state index contributed by atoms with van der Waals surface area (Å²) in [6.45, 7) is 0. The third kappa shape index (κ3) is 2.69. The van der Waals surface area contributed by atoms with Crippen molar-refractivity contribution in [3.8, 4) is 21.8 Å². The fraction of sp³-hybridized carbons (Fsp3) is 0. The Hall–Kier alpha value is -2.50. The van der Waals surface area contributed by atoms with Crippen molar-refractivity contribution in [3.63, 3.8) is 0 Å². The highest BCUT2D eigenvalue weighted by Gasteiger charge is 2.19. The summed E-state index contributed by atoms with van der Waals surface area (Å²) in [7, 11) is 0. The zero-order chi connectivity index (χ0) is 14.7. The Morgan fingerprint density at radius 2 is 1.52 bits per heavy atom. The lowest BCUT2D eigenvalue weighted by Crippen LogP contribution is -2.18. The first-order chi connectivity index (χ1) is 10.3. The Kier molecular flexibility index (Phi) is 3.77. The molecule has 5 heteroatoms. The molecular weight excluding hydrogens is 284 g/mol. The van der Waals surface area contributed by atoms with Crippen LogP contribution in [0.1, 0.15) is 9.67 Å². The molecule has 21 heavy (non-hydrogen) atoms. The molecule has 0 aliphatic heterocycles. The van der Waals surface area contributed by atoms with E-state index in [1.54, 1.807) is 5.48 Å². The van der Waals surface area contributed by atoms with Crippen LogP contribution in [0.25, 0.3) is 21.8 Å². The maximum absolute atomic E-state index is 11.9. The third-order valence-corrected chi connectivity index (χ3v) is 4.11. The molecule has 0 unspecified atom stereocenters. The van der Waals surface area contributed by atoms with Gasteiger partial charge in [-0.25, -0.2) is 10.5 Å². The number of thiazole rings is 1. The minimum atomic E-state index is -0.548. The first-order valence-corrected chi connectivity index (χ1v) is 7.17. The van der Waals surface area contributed by atoms with Gasteiger partial charge in [0.1, 0.15) is 9.88 Å². The minimum Gasteiger partial charge on any atom is -0.288 e. The molecule has 1 heterocycles. The number of benzene rings is 2. The van der Waals surface area contributed by atoms with E-state index in [1.807, 2.05) is 60.7 Å². The number of aromatic nitrogens is 1. The van der Waals surface area contributed by atoms with Crippen LogP contribution in [0.15, 0.2) is 60.7 Å².